The Bertz CT molecular complexity index is 583. The van der Waals surface area contributed by atoms with Crippen molar-refractivity contribution in [1.82, 2.24) is 0 Å². The summed E-state index contributed by atoms with van der Waals surface area (Å²) in [6.07, 6.45) is 0.546. The lowest BCUT2D eigenvalue weighted by atomic mass is 10.1. The zero-order valence-electron chi connectivity index (χ0n) is 9.92. The summed E-state index contributed by atoms with van der Waals surface area (Å²) in [5.74, 6) is 0.271. The standard InChI is InChI=1S/C11H14N2O4S/c1-8-2-3-9(6-11(8)13(14)15)12-10-4-5-18(16,17)7-10/h2-3,6,10,12H,4-5,7H2,1H3. The third kappa shape index (κ3) is 2.79. The van der Waals surface area contributed by atoms with Gasteiger partial charge in [-0.15, -0.1) is 0 Å². The number of sulfone groups is 1. The molecule has 0 bridgehead atoms. The largest absolute Gasteiger partial charge is 0.381 e. The van der Waals surface area contributed by atoms with Gasteiger partial charge in [-0.25, -0.2) is 8.42 Å². The van der Waals surface area contributed by atoms with E-state index in [4.69, 9.17) is 0 Å². The first-order chi connectivity index (χ1) is 8.37. The van der Waals surface area contributed by atoms with Crippen molar-refractivity contribution < 1.29 is 13.3 Å². The third-order valence-electron chi connectivity index (χ3n) is 3.01. The van der Waals surface area contributed by atoms with E-state index < -0.39 is 14.8 Å². The summed E-state index contributed by atoms with van der Waals surface area (Å²) in [5, 5.41) is 13.8. The molecule has 18 heavy (non-hydrogen) atoms. The van der Waals surface area contributed by atoms with Crippen LogP contribution >= 0.6 is 0 Å². The lowest BCUT2D eigenvalue weighted by Gasteiger charge is -2.12. The van der Waals surface area contributed by atoms with E-state index in [1.54, 1.807) is 19.1 Å². The Morgan fingerprint density at radius 3 is 2.72 bits per heavy atom. The molecule has 7 heteroatoms. The third-order valence-corrected chi connectivity index (χ3v) is 4.78. The van der Waals surface area contributed by atoms with Gasteiger partial charge in [-0.3, -0.25) is 10.1 Å². The van der Waals surface area contributed by atoms with Gasteiger partial charge in [0.05, 0.1) is 16.4 Å². The Balaban J connectivity index is 2.16. The number of nitrogens with one attached hydrogen (secondary N) is 1. The molecule has 1 N–H and O–H groups in total. The summed E-state index contributed by atoms with van der Waals surface area (Å²) >= 11 is 0. The molecule has 1 saturated heterocycles. The van der Waals surface area contributed by atoms with Crippen LogP contribution in [0.1, 0.15) is 12.0 Å². The monoisotopic (exact) mass is 270 g/mol. The minimum absolute atomic E-state index is 0.0425. The highest BCUT2D eigenvalue weighted by atomic mass is 32.2. The number of nitro groups is 1. The fourth-order valence-electron chi connectivity index (χ4n) is 2.04. The maximum Gasteiger partial charge on any atom is 0.274 e. The number of nitro benzene ring substituents is 1. The van der Waals surface area contributed by atoms with E-state index in [9.17, 15) is 18.5 Å². The van der Waals surface area contributed by atoms with Crippen molar-refractivity contribution in [2.24, 2.45) is 0 Å². The highest BCUT2D eigenvalue weighted by Crippen LogP contribution is 2.24. The molecule has 1 aliphatic heterocycles. The molecule has 2 rings (SSSR count). The van der Waals surface area contributed by atoms with Gasteiger partial charge in [-0.2, -0.15) is 0 Å². The lowest BCUT2D eigenvalue weighted by molar-refractivity contribution is -0.385. The van der Waals surface area contributed by atoms with Crippen LogP contribution in [0.15, 0.2) is 18.2 Å². The maximum absolute atomic E-state index is 11.3. The number of benzene rings is 1. The highest BCUT2D eigenvalue weighted by Gasteiger charge is 2.27. The van der Waals surface area contributed by atoms with Crippen molar-refractivity contribution in [3.05, 3.63) is 33.9 Å². The fraction of sp³-hybridized carbons (Fsp3) is 0.455. The van der Waals surface area contributed by atoms with Crippen LogP contribution in [-0.4, -0.2) is 30.9 Å². The van der Waals surface area contributed by atoms with Crippen molar-refractivity contribution in [3.63, 3.8) is 0 Å². The molecule has 0 saturated carbocycles. The van der Waals surface area contributed by atoms with Crippen molar-refractivity contribution in [1.29, 1.82) is 0 Å². The average molecular weight is 270 g/mol. The molecule has 1 aromatic carbocycles. The lowest BCUT2D eigenvalue weighted by Crippen LogP contribution is -2.20. The van der Waals surface area contributed by atoms with Crippen LogP contribution in [-0.2, 0) is 9.84 Å². The zero-order valence-corrected chi connectivity index (χ0v) is 10.7. The molecule has 6 nitrogen and oxygen atoms in total. The minimum Gasteiger partial charge on any atom is -0.381 e. The molecule has 0 radical (unpaired) electrons. The Kier molecular flexibility index (Phi) is 3.25. The first-order valence-corrected chi connectivity index (χ1v) is 7.41. The number of hydrogen-bond donors (Lipinski definition) is 1. The first-order valence-electron chi connectivity index (χ1n) is 5.59. The molecule has 0 aliphatic carbocycles. The normalized spacial score (nSPS) is 21.7. The number of nitrogens with zero attached hydrogens (tertiary/aromatic N) is 1. The van der Waals surface area contributed by atoms with Gasteiger partial charge < -0.3 is 5.32 Å². The van der Waals surface area contributed by atoms with E-state index in [0.717, 1.165) is 0 Å². The number of anilines is 1. The molecular weight excluding hydrogens is 256 g/mol. The molecule has 98 valence electrons. The van der Waals surface area contributed by atoms with E-state index in [2.05, 4.69) is 5.32 Å². The average Bonchev–Trinajstić information content (AvgIpc) is 2.60. The van der Waals surface area contributed by atoms with E-state index in [1.807, 2.05) is 0 Å². The number of aryl methyl sites for hydroxylation is 1. The van der Waals surface area contributed by atoms with Gasteiger partial charge in [0.25, 0.3) is 5.69 Å². The molecule has 0 spiro atoms. The summed E-state index contributed by atoms with van der Waals surface area (Å²) < 4.78 is 22.6. The van der Waals surface area contributed by atoms with E-state index in [1.165, 1.54) is 6.07 Å². The van der Waals surface area contributed by atoms with Crippen molar-refractivity contribution in [3.8, 4) is 0 Å². The first kappa shape index (κ1) is 12.8. The molecule has 1 atom stereocenters. The molecule has 1 heterocycles. The second-order valence-corrected chi connectivity index (χ2v) is 6.73. The Hall–Kier alpha value is -1.63. The van der Waals surface area contributed by atoms with E-state index in [-0.39, 0.29) is 23.2 Å². The summed E-state index contributed by atoms with van der Waals surface area (Å²) in [7, 11) is -2.95. The summed E-state index contributed by atoms with van der Waals surface area (Å²) in [6, 6.07) is 4.68. The molecule has 1 fully saturated rings. The highest BCUT2D eigenvalue weighted by molar-refractivity contribution is 7.91. The van der Waals surface area contributed by atoms with Gasteiger partial charge in [0.2, 0.25) is 0 Å². The topological polar surface area (TPSA) is 89.3 Å². The summed E-state index contributed by atoms with van der Waals surface area (Å²) in [6.45, 7) is 1.67. The number of rotatable bonds is 3. The Morgan fingerprint density at radius 2 is 2.17 bits per heavy atom. The van der Waals surface area contributed by atoms with Gasteiger partial charge in [0.15, 0.2) is 9.84 Å². The molecular formula is C11H14N2O4S. The second-order valence-electron chi connectivity index (χ2n) is 4.50. The van der Waals surface area contributed by atoms with E-state index in [0.29, 0.717) is 17.7 Å². The predicted molar refractivity (Wildman–Crippen MR) is 68.5 cm³/mol. The molecule has 1 unspecified atom stereocenters. The van der Waals surface area contributed by atoms with Crippen LogP contribution < -0.4 is 5.32 Å². The maximum atomic E-state index is 11.3. The van der Waals surface area contributed by atoms with Gasteiger partial charge in [0.1, 0.15) is 0 Å². The van der Waals surface area contributed by atoms with Crippen LogP contribution in [0, 0.1) is 17.0 Å². The summed E-state index contributed by atoms with van der Waals surface area (Å²) in [5.41, 5.74) is 1.22. The van der Waals surface area contributed by atoms with Crippen LogP contribution in [0.4, 0.5) is 11.4 Å². The van der Waals surface area contributed by atoms with Crippen LogP contribution in [0.3, 0.4) is 0 Å². The number of hydrogen-bond acceptors (Lipinski definition) is 5. The minimum atomic E-state index is -2.95. The second kappa shape index (κ2) is 4.56. The SMILES string of the molecule is Cc1ccc(NC2CCS(=O)(=O)C2)cc1[N+](=O)[O-]. The molecule has 0 amide bonds. The zero-order chi connectivity index (χ0) is 13.3. The van der Waals surface area contributed by atoms with Crippen molar-refractivity contribution >= 4 is 21.2 Å². The summed E-state index contributed by atoms with van der Waals surface area (Å²) in [4.78, 5) is 10.4. The quantitative estimate of drug-likeness (QED) is 0.664. The van der Waals surface area contributed by atoms with Gasteiger partial charge in [-0.1, -0.05) is 6.07 Å². The van der Waals surface area contributed by atoms with E-state index >= 15 is 0 Å². The van der Waals surface area contributed by atoms with Crippen molar-refractivity contribution in [2.45, 2.75) is 19.4 Å². The predicted octanol–water partition coefficient (Wildman–Crippen LogP) is 1.50. The smallest absolute Gasteiger partial charge is 0.274 e. The van der Waals surface area contributed by atoms with Crippen LogP contribution in [0.2, 0.25) is 0 Å². The molecule has 1 aliphatic rings. The van der Waals surface area contributed by atoms with Crippen LogP contribution in [0.25, 0.3) is 0 Å². The van der Waals surface area contributed by atoms with Crippen molar-refractivity contribution in [2.75, 3.05) is 16.8 Å². The van der Waals surface area contributed by atoms with Gasteiger partial charge in [-0.05, 0) is 19.4 Å². The molecule has 1 aromatic rings. The molecule has 0 aromatic heterocycles. The Morgan fingerprint density at radius 1 is 1.44 bits per heavy atom. The Labute approximate surface area is 105 Å². The van der Waals surface area contributed by atoms with Crippen LogP contribution in [0.5, 0.6) is 0 Å². The fourth-order valence-corrected chi connectivity index (χ4v) is 3.71. The van der Waals surface area contributed by atoms with Gasteiger partial charge in [0, 0.05) is 23.4 Å². The van der Waals surface area contributed by atoms with Gasteiger partial charge >= 0.3 is 0 Å².